The Balaban J connectivity index is 1.86. The maximum atomic E-state index is 12.2. The van der Waals surface area contributed by atoms with Gasteiger partial charge in [-0.25, -0.2) is 9.97 Å². The van der Waals surface area contributed by atoms with Crippen LogP contribution in [0.2, 0.25) is 0 Å². The van der Waals surface area contributed by atoms with Crippen molar-refractivity contribution in [3.8, 4) is 5.69 Å². The summed E-state index contributed by atoms with van der Waals surface area (Å²) in [7, 11) is 0. The quantitative estimate of drug-likeness (QED) is 0.772. The fourth-order valence-corrected chi connectivity index (χ4v) is 2.56. The van der Waals surface area contributed by atoms with Gasteiger partial charge in [-0.15, -0.1) is 11.3 Å². The zero-order chi connectivity index (χ0) is 14.7. The third-order valence-electron chi connectivity index (χ3n) is 2.89. The standard InChI is InChI=1S/C14H13N5OS/c15-7-13-17-11(8-21-13)14(20)18-10-3-1-2-4-12(10)19-6-5-16-9-19/h1-6,8-9H,7,15H2,(H,18,20). The lowest BCUT2D eigenvalue weighted by molar-refractivity contribution is 0.102. The van der Waals surface area contributed by atoms with E-state index in [0.29, 0.717) is 17.9 Å². The van der Waals surface area contributed by atoms with Crippen LogP contribution in [0.4, 0.5) is 5.69 Å². The molecule has 0 saturated carbocycles. The number of carbonyl (C=O) groups excluding carboxylic acids is 1. The first-order valence-electron chi connectivity index (χ1n) is 6.31. The van der Waals surface area contributed by atoms with E-state index in [-0.39, 0.29) is 5.91 Å². The third-order valence-corrected chi connectivity index (χ3v) is 3.76. The van der Waals surface area contributed by atoms with Crippen LogP contribution in [0.5, 0.6) is 0 Å². The topological polar surface area (TPSA) is 85.8 Å². The summed E-state index contributed by atoms with van der Waals surface area (Å²) >= 11 is 1.38. The van der Waals surface area contributed by atoms with Gasteiger partial charge in [0, 0.05) is 24.3 Å². The van der Waals surface area contributed by atoms with E-state index in [4.69, 9.17) is 5.73 Å². The van der Waals surface area contributed by atoms with E-state index in [1.807, 2.05) is 35.0 Å². The average molecular weight is 299 g/mol. The highest BCUT2D eigenvalue weighted by Gasteiger charge is 2.12. The number of hydrogen-bond donors (Lipinski definition) is 2. The van der Waals surface area contributed by atoms with Gasteiger partial charge in [0.1, 0.15) is 10.7 Å². The van der Waals surface area contributed by atoms with Gasteiger partial charge in [-0.2, -0.15) is 0 Å². The van der Waals surface area contributed by atoms with Crippen LogP contribution in [0.1, 0.15) is 15.5 Å². The van der Waals surface area contributed by atoms with Crippen LogP contribution in [-0.2, 0) is 6.54 Å². The largest absolute Gasteiger partial charge is 0.325 e. The van der Waals surface area contributed by atoms with Crippen LogP contribution in [0.25, 0.3) is 5.69 Å². The molecule has 3 N–H and O–H groups in total. The molecular formula is C14H13N5OS. The Kier molecular flexibility index (Phi) is 3.76. The molecule has 0 unspecified atom stereocenters. The number of rotatable bonds is 4. The van der Waals surface area contributed by atoms with Crippen molar-refractivity contribution < 1.29 is 4.79 Å². The number of hydrogen-bond acceptors (Lipinski definition) is 5. The van der Waals surface area contributed by atoms with Gasteiger partial charge < -0.3 is 15.6 Å². The minimum atomic E-state index is -0.251. The fraction of sp³-hybridized carbons (Fsp3) is 0.0714. The van der Waals surface area contributed by atoms with Crippen LogP contribution < -0.4 is 11.1 Å². The number of amides is 1. The molecule has 0 saturated heterocycles. The van der Waals surface area contributed by atoms with Crippen molar-refractivity contribution in [1.29, 1.82) is 0 Å². The summed E-state index contributed by atoms with van der Waals surface area (Å²) in [6.07, 6.45) is 5.19. The molecule has 0 fully saturated rings. The molecule has 6 nitrogen and oxygen atoms in total. The van der Waals surface area contributed by atoms with Crippen LogP contribution in [-0.4, -0.2) is 20.4 Å². The summed E-state index contributed by atoms with van der Waals surface area (Å²) in [6.45, 7) is 0.337. The molecule has 2 aromatic heterocycles. The van der Waals surface area contributed by atoms with Gasteiger partial charge >= 0.3 is 0 Å². The number of imidazole rings is 1. The van der Waals surface area contributed by atoms with E-state index < -0.39 is 0 Å². The van der Waals surface area contributed by atoms with E-state index in [9.17, 15) is 4.79 Å². The van der Waals surface area contributed by atoms with Crippen molar-refractivity contribution in [2.24, 2.45) is 5.73 Å². The number of carbonyl (C=O) groups is 1. The second kappa shape index (κ2) is 5.86. The number of nitrogens with one attached hydrogen (secondary N) is 1. The number of para-hydroxylation sites is 2. The molecule has 0 atom stereocenters. The van der Waals surface area contributed by atoms with Crippen molar-refractivity contribution in [3.05, 3.63) is 59.1 Å². The molecular weight excluding hydrogens is 286 g/mol. The summed E-state index contributed by atoms with van der Waals surface area (Å²) in [6, 6.07) is 7.51. The molecule has 0 spiro atoms. The lowest BCUT2D eigenvalue weighted by Crippen LogP contribution is -2.14. The highest BCUT2D eigenvalue weighted by molar-refractivity contribution is 7.09. The SMILES string of the molecule is NCc1nc(C(=O)Nc2ccccc2-n2ccnc2)cs1. The van der Waals surface area contributed by atoms with Gasteiger partial charge in [-0.1, -0.05) is 12.1 Å². The van der Waals surface area contributed by atoms with Gasteiger partial charge in [0.2, 0.25) is 0 Å². The number of nitrogens with zero attached hydrogens (tertiary/aromatic N) is 3. The molecule has 0 aliphatic heterocycles. The first-order valence-corrected chi connectivity index (χ1v) is 7.19. The maximum absolute atomic E-state index is 12.2. The molecule has 3 rings (SSSR count). The molecule has 1 aromatic carbocycles. The molecule has 2 heterocycles. The monoisotopic (exact) mass is 299 g/mol. The molecule has 0 bridgehead atoms. The molecule has 7 heteroatoms. The molecule has 106 valence electrons. The molecule has 0 radical (unpaired) electrons. The minimum absolute atomic E-state index is 0.251. The van der Waals surface area contributed by atoms with Gasteiger partial charge in [-0.3, -0.25) is 4.79 Å². The number of thiazole rings is 1. The van der Waals surface area contributed by atoms with Crippen molar-refractivity contribution >= 4 is 22.9 Å². The Morgan fingerprint density at radius 2 is 2.24 bits per heavy atom. The number of aromatic nitrogens is 3. The van der Waals surface area contributed by atoms with Crippen LogP contribution in [0.3, 0.4) is 0 Å². The summed E-state index contributed by atoms with van der Waals surface area (Å²) in [5, 5.41) is 5.31. The summed E-state index contributed by atoms with van der Waals surface area (Å²) in [4.78, 5) is 20.4. The zero-order valence-corrected chi connectivity index (χ0v) is 11.9. The van der Waals surface area contributed by atoms with Crippen molar-refractivity contribution in [2.75, 3.05) is 5.32 Å². The molecule has 21 heavy (non-hydrogen) atoms. The Morgan fingerprint density at radius 3 is 2.95 bits per heavy atom. The summed E-state index contributed by atoms with van der Waals surface area (Å²) in [5.41, 5.74) is 7.43. The maximum Gasteiger partial charge on any atom is 0.275 e. The van der Waals surface area contributed by atoms with E-state index >= 15 is 0 Å². The molecule has 0 aliphatic rings. The molecule has 3 aromatic rings. The van der Waals surface area contributed by atoms with Gasteiger partial charge in [0.15, 0.2) is 0 Å². The van der Waals surface area contributed by atoms with Crippen molar-refractivity contribution in [3.63, 3.8) is 0 Å². The van der Waals surface area contributed by atoms with Gasteiger partial charge in [-0.05, 0) is 12.1 Å². The molecule has 1 amide bonds. The second-order valence-electron chi connectivity index (χ2n) is 4.27. The van der Waals surface area contributed by atoms with Crippen LogP contribution >= 0.6 is 11.3 Å². The Bertz CT molecular complexity index is 750. The van der Waals surface area contributed by atoms with E-state index in [2.05, 4.69) is 15.3 Å². The number of nitrogens with two attached hydrogens (primary N) is 1. The third kappa shape index (κ3) is 2.83. The van der Waals surface area contributed by atoms with Crippen molar-refractivity contribution in [1.82, 2.24) is 14.5 Å². The fourth-order valence-electron chi connectivity index (χ4n) is 1.90. The van der Waals surface area contributed by atoms with Crippen LogP contribution in [0.15, 0.2) is 48.4 Å². The Morgan fingerprint density at radius 1 is 1.38 bits per heavy atom. The Labute approximate surface area is 125 Å². The second-order valence-corrected chi connectivity index (χ2v) is 5.21. The van der Waals surface area contributed by atoms with E-state index in [0.717, 1.165) is 10.7 Å². The normalized spacial score (nSPS) is 10.5. The van der Waals surface area contributed by atoms with Gasteiger partial charge in [0.25, 0.3) is 5.91 Å². The smallest absolute Gasteiger partial charge is 0.275 e. The Hall–Kier alpha value is -2.51. The summed E-state index contributed by atoms with van der Waals surface area (Å²) < 4.78 is 1.84. The highest BCUT2D eigenvalue weighted by Crippen LogP contribution is 2.20. The summed E-state index contributed by atoms with van der Waals surface area (Å²) in [5.74, 6) is -0.251. The van der Waals surface area contributed by atoms with Gasteiger partial charge in [0.05, 0.1) is 17.7 Å². The average Bonchev–Trinajstić information content (AvgIpc) is 3.19. The number of benzene rings is 1. The van der Waals surface area contributed by atoms with E-state index in [1.54, 1.807) is 17.9 Å². The lowest BCUT2D eigenvalue weighted by Gasteiger charge is -2.10. The van der Waals surface area contributed by atoms with Crippen LogP contribution in [0, 0.1) is 0 Å². The number of anilines is 1. The predicted octanol–water partition coefficient (Wildman–Crippen LogP) is 2.04. The van der Waals surface area contributed by atoms with Crippen molar-refractivity contribution in [2.45, 2.75) is 6.54 Å². The first-order chi connectivity index (χ1) is 10.3. The lowest BCUT2D eigenvalue weighted by atomic mass is 10.2. The first kappa shape index (κ1) is 13.5. The predicted molar refractivity (Wildman–Crippen MR) is 81.5 cm³/mol. The zero-order valence-electron chi connectivity index (χ0n) is 11.1. The minimum Gasteiger partial charge on any atom is -0.325 e. The highest BCUT2D eigenvalue weighted by atomic mass is 32.1. The van der Waals surface area contributed by atoms with E-state index in [1.165, 1.54) is 11.3 Å². The molecule has 0 aliphatic carbocycles.